The first-order valence-electron chi connectivity index (χ1n) is 6.74. The summed E-state index contributed by atoms with van der Waals surface area (Å²) in [5, 5.41) is 1.16. The van der Waals surface area contributed by atoms with E-state index in [9.17, 15) is 4.79 Å². The van der Waals surface area contributed by atoms with Crippen LogP contribution in [0.25, 0.3) is 10.9 Å². The second-order valence-corrected chi connectivity index (χ2v) is 5.62. The number of hydrogen-bond acceptors (Lipinski definition) is 2. The third-order valence-electron chi connectivity index (χ3n) is 3.33. The third kappa shape index (κ3) is 3.16. The van der Waals surface area contributed by atoms with Gasteiger partial charge in [-0.25, -0.2) is 0 Å². The van der Waals surface area contributed by atoms with E-state index in [1.807, 2.05) is 42.6 Å². The van der Waals surface area contributed by atoms with E-state index < -0.39 is 0 Å². The molecule has 0 bridgehead atoms. The molecule has 0 aliphatic heterocycles. The summed E-state index contributed by atoms with van der Waals surface area (Å²) in [7, 11) is 0. The number of aromatic amines is 1. The van der Waals surface area contributed by atoms with Gasteiger partial charge in [0.25, 0.3) is 0 Å². The molecule has 3 nitrogen and oxygen atoms in total. The van der Waals surface area contributed by atoms with Crippen molar-refractivity contribution < 1.29 is 9.53 Å². The molecule has 1 aromatic heterocycles. The van der Waals surface area contributed by atoms with Crippen LogP contribution in [0.15, 0.2) is 59.2 Å². The largest absolute Gasteiger partial charge is 0.425 e. The van der Waals surface area contributed by atoms with Gasteiger partial charge in [0.1, 0.15) is 5.75 Å². The first kappa shape index (κ1) is 13.9. The maximum atomic E-state index is 11.9. The van der Waals surface area contributed by atoms with Crippen LogP contribution in [0.4, 0.5) is 0 Å². The van der Waals surface area contributed by atoms with E-state index in [-0.39, 0.29) is 5.97 Å². The fourth-order valence-electron chi connectivity index (χ4n) is 2.28. The fraction of sp³-hybridized carbons (Fsp3) is 0.118. The lowest BCUT2D eigenvalue weighted by Crippen LogP contribution is -2.09. The average Bonchev–Trinajstić information content (AvgIpc) is 2.91. The molecule has 0 spiro atoms. The summed E-state index contributed by atoms with van der Waals surface area (Å²) in [6.07, 6.45) is 2.97. The normalized spacial score (nSPS) is 10.7. The Balaban J connectivity index is 1.65. The highest BCUT2D eigenvalue weighted by Gasteiger charge is 2.10. The quantitative estimate of drug-likeness (QED) is 0.561. The summed E-state index contributed by atoms with van der Waals surface area (Å²) < 4.78 is 6.14. The molecular formula is C17H14BrNO2. The molecule has 106 valence electrons. The topological polar surface area (TPSA) is 42.1 Å². The van der Waals surface area contributed by atoms with E-state index in [1.165, 1.54) is 0 Å². The molecule has 0 atom stereocenters. The molecule has 0 saturated heterocycles. The van der Waals surface area contributed by atoms with Gasteiger partial charge in [-0.3, -0.25) is 4.79 Å². The zero-order chi connectivity index (χ0) is 14.7. The van der Waals surface area contributed by atoms with Crippen LogP contribution in [0.1, 0.15) is 12.0 Å². The van der Waals surface area contributed by atoms with Crippen LogP contribution in [0, 0.1) is 0 Å². The minimum atomic E-state index is -0.229. The molecule has 4 heteroatoms. The van der Waals surface area contributed by atoms with Crippen molar-refractivity contribution in [1.82, 2.24) is 4.98 Å². The minimum Gasteiger partial charge on any atom is -0.425 e. The predicted octanol–water partition coefficient (Wildman–Crippen LogP) is 4.47. The standard InChI is InChI=1S/C17H14BrNO2/c18-14-6-2-4-8-16(14)21-17(20)10-9-12-11-19-15-7-3-1-5-13(12)15/h1-8,11,19H,9-10H2. The van der Waals surface area contributed by atoms with E-state index in [2.05, 4.69) is 27.0 Å². The van der Waals surface area contributed by atoms with Crippen LogP contribution in [-0.4, -0.2) is 11.0 Å². The number of aryl methyl sites for hydroxylation is 1. The number of H-pyrrole nitrogens is 1. The molecule has 0 aliphatic rings. The van der Waals surface area contributed by atoms with Crippen LogP contribution in [-0.2, 0) is 11.2 Å². The molecule has 0 unspecified atom stereocenters. The molecular weight excluding hydrogens is 330 g/mol. The van der Waals surface area contributed by atoms with Gasteiger partial charge in [-0.05, 0) is 46.1 Å². The first-order valence-corrected chi connectivity index (χ1v) is 7.53. The van der Waals surface area contributed by atoms with Crippen LogP contribution < -0.4 is 4.74 Å². The van der Waals surface area contributed by atoms with Gasteiger partial charge in [0, 0.05) is 17.1 Å². The number of aromatic nitrogens is 1. The van der Waals surface area contributed by atoms with E-state index in [1.54, 1.807) is 6.07 Å². The van der Waals surface area contributed by atoms with E-state index >= 15 is 0 Å². The summed E-state index contributed by atoms with van der Waals surface area (Å²) in [4.78, 5) is 15.2. The highest BCUT2D eigenvalue weighted by atomic mass is 79.9. The number of hydrogen-bond donors (Lipinski definition) is 1. The van der Waals surface area contributed by atoms with Gasteiger partial charge in [-0.1, -0.05) is 30.3 Å². The minimum absolute atomic E-state index is 0.229. The summed E-state index contributed by atoms with van der Waals surface area (Å²) in [6, 6.07) is 15.4. The Labute approximate surface area is 131 Å². The van der Waals surface area contributed by atoms with Gasteiger partial charge in [-0.2, -0.15) is 0 Å². The highest BCUT2D eigenvalue weighted by Crippen LogP contribution is 2.24. The monoisotopic (exact) mass is 343 g/mol. The second-order valence-electron chi connectivity index (χ2n) is 4.76. The lowest BCUT2D eigenvalue weighted by atomic mass is 10.1. The van der Waals surface area contributed by atoms with Gasteiger partial charge in [0.2, 0.25) is 0 Å². The Morgan fingerprint density at radius 2 is 1.86 bits per heavy atom. The van der Waals surface area contributed by atoms with Gasteiger partial charge in [0.15, 0.2) is 0 Å². The number of fused-ring (bicyclic) bond motifs is 1. The Kier molecular flexibility index (Phi) is 4.06. The molecule has 3 aromatic rings. The van der Waals surface area contributed by atoms with Gasteiger partial charge in [-0.15, -0.1) is 0 Å². The van der Waals surface area contributed by atoms with Crippen molar-refractivity contribution in [2.45, 2.75) is 12.8 Å². The zero-order valence-electron chi connectivity index (χ0n) is 11.3. The molecule has 0 aliphatic carbocycles. The molecule has 1 heterocycles. The molecule has 21 heavy (non-hydrogen) atoms. The number of esters is 1. The molecule has 0 radical (unpaired) electrons. The van der Waals surface area contributed by atoms with Gasteiger partial charge >= 0.3 is 5.97 Å². The SMILES string of the molecule is O=C(CCc1c[nH]c2ccccc12)Oc1ccccc1Br. The molecule has 3 rings (SSSR count). The van der Waals surface area contributed by atoms with Crippen molar-refractivity contribution in [1.29, 1.82) is 0 Å². The summed E-state index contributed by atoms with van der Waals surface area (Å²) in [5.41, 5.74) is 2.22. The molecule has 0 amide bonds. The number of carbonyl (C=O) groups is 1. The summed E-state index contributed by atoms with van der Waals surface area (Å²) in [5.74, 6) is 0.327. The Morgan fingerprint density at radius 1 is 1.10 bits per heavy atom. The van der Waals surface area contributed by atoms with Gasteiger partial charge < -0.3 is 9.72 Å². The molecule has 2 aromatic carbocycles. The maximum Gasteiger partial charge on any atom is 0.311 e. The number of halogens is 1. The number of para-hydroxylation sites is 2. The smallest absolute Gasteiger partial charge is 0.311 e. The van der Waals surface area contributed by atoms with Crippen LogP contribution >= 0.6 is 15.9 Å². The fourth-order valence-corrected chi connectivity index (χ4v) is 2.64. The number of rotatable bonds is 4. The second kappa shape index (κ2) is 6.14. The van der Waals surface area contributed by atoms with Crippen molar-refractivity contribution in [3.05, 3.63) is 64.8 Å². The van der Waals surface area contributed by atoms with Crippen molar-refractivity contribution in [2.75, 3.05) is 0 Å². The van der Waals surface area contributed by atoms with E-state index in [0.717, 1.165) is 20.9 Å². The number of carbonyl (C=O) groups excluding carboxylic acids is 1. The van der Waals surface area contributed by atoms with Crippen molar-refractivity contribution in [3.63, 3.8) is 0 Å². The number of ether oxygens (including phenoxy) is 1. The summed E-state index contributed by atoms with van der Waals surface area (Å²) >= 11 is 3.36. The average molecular weight is 344 g/mol. The van der Waals surface area contributed by atoms with E-state index in [0.29, 0.717) is 18.6 Å². The van der Waals surface area contributed by atoms with Crippen molar-refractivity contribution in [3.8, 4) is 5.75 Å². The zero-order valence-corrected chi connectivity index (χ0v) is 12.9. The molecule has 0 fully saturated rings. The highest BCUT2D eigenvalue weighted by molar-refractivity contribution is 9.10. The Bertz CT molecular complexity index is 779. The first-order chi connectivity index (χ1) is 10.2. The van der Waals surface area contributed by atoms with Gasteiger partial charge in [0.05, 0.1) is 10.9 Å². The van der Waals surface area contributed by atoms with Crippen LogP contribution in [0.3, 0.4) is 0 Å². The Morgan fingerprint density at radius 3 is 2.71 bits per heavy atom. The van der Waals surface area contributed by atoms with E-state index in [4.69, 9.17) is 4.74 Å². The van der Waals surface area contributed by atoms with Crippen molar-refractivity contribution in [2.24, 2.45) is 0 Å². The Hall–Kier alpha value is -2.07. The maximum absolute atomic E-state index is 11.9. The summed E-state index contributed by atoms with van der Waals surface area (Å²) in [6.45, 7) is 0. The third-order valence-corrected chi connectivity index (χ3v) is 3.99. The number of benzene rings is 2. The van der Waals surface area contributed by atoms with Crippen LogP contribution in [0.5, 0.6) is 5.75 Å². The van der Waals surface area contributed by atoms with Crippen molar-refractivity contribution >= 4 is 32.8 Å². The predicted molar refractivity (Wildman–Crippen MR) is 86.4 cm³/mol. The van der Waals surface area contributed by atoms with Crippen LogP contribution in [0.2, 0.25) is 0 Å². The lowest BCUT2D eigenvalue weighted by molar-refractivity contribution is -0.134. The lowest BCUT2D eigenvalue weighted by Gasteiger charge is -2.05. The number of nitrogens with one attached hydrogen (secondary N) is 1. The molecule has 0 saturated carbocycles. The molecule has 1 N–H and O–H groups in total.